The highest BCUT2D eigenvalue weighted by Crippen LogP contribution is 2.23. The summed E-state index contributed by atoms with van der Waals surface area (Å²) in [6.07, 6.45) is 7.23. The van der Waals surface area contributed by atoms with E-state index in [0.29, 0.717) is 12.1 Å². The number of hydrogen-bond donors (Lipinski definition) is 1. The van der Waals surface area contributed by atoms with Crippen LogP contribution in [-0.4, -0.2) is 66.0 Å². The number of aromatic amines is 1. The number of fused-ring (bicyclic) bond motifs is 1. The van der Waals surface area contributed by atoms with Gasteiger partial charge in [-0.05, 0) is 68.1 Å². The molecule has 1 saturated heterocycles. The molecule has 6 heteroatoms. The highest BCUT2D eigenvalue weighted by molar-refractivity contribution is 5.95. The number of nitriles is 1. The molecule has 0 radical (unpaired) electrons. The maximum Gasteiger partial charge on any atom is 0.241 e. The Hall–Kier alpha value is -3.14. The average Bonchev–Trinajstić information content (AvgIpc) is 3.32. The van der Waals surface area contributed by atoms with Crippen LogP contribution < -0.4 is 4.90 Å². The molecule has 6 nitrogen and oxygen atoms in total. The zero-order valence-corrected chi connectivity index (χ0v) is 21.7. The Morgan fingerprint density at radius 3 is 2.53 bits per heavy atom. The fourth-order valence-electron chi connectivity index (χ4n) is 5.38. The number of aromatic nitrogens is 1. The monoisotopic (exact) mass is 485 g/mol. The standard InChI is InChI=1S/C30H39N5O/c1-3-9-26(4-2)35(27-11-6-5-7-12-27)30(36)23-34-18-16-33(17-19-34)15-8-10-25-22-32-29-14-13-24(21-31)20-28(25)29/h5-7,11-14,20,22,26,32H,3-4,8-10,15-19,23H2,1-2H3. The average molecular weight is 486 g/mol. The Bertz CT molecular complexity index is 1160. The molecule has 0 saturated carbocycles. The van der Waals surface area contributed by atoms with E-state index in [-0.39, 0.29) is 11.9 Å². The van der Waals surface area contributed by atoms with E-state index in [2.05, 4.69) is 57.9 Å². The van der Waals surface area contributed by atoms with Gasteiger partial charge in [0, 0.05) is 55.0 Å². The normalized spacial score (nSPS) is 15.6. The first-order chi connectivity index (χ1) is 17.6. The van der Waals surface area contributed by atoms with Gasteiger partial charge in [-0.2, -0.15) is 5.26 Å². The van der Waals surface area contributed by atoms with Gasteiger partial charge in [-0.1, -0.05) is 38.5 Å². The van der Waals surface area contributed by atoms with Crippen LogP contribution in [0.4, 0.5) is 5.69 Å². The van der Waals surface area contributed by atoms with Crippen molar-refractivity contribution in [2.75, 3.05) is 44.2 Å². The largest absolute Gasteiger partial charge is 0.361 e. The number of benzene rings is 2. The molecule has 0 bridgehead atoms. The lowest BCUT2D eigenvalue weighted by Crippen LogP contribution is -2.51. The molecule has 1 aromatic heterocycles. The van der Waals surface area contributed by atoms with Crippen molar-refractivity contribution >= 4 is 22.5 Å². The minimum absolute atomic E-state index is 0.214. The van der Waals surface area contributed by atoms with Gasteiger partial charge in [0.25, 0.3) is 0 Å². The van der Waals surface area contributed by atoms with Crippen molar-refractivity contribution < 1.29 is 4.79 Å². The topological polar surface area (TPSA) is 66.4 Å². The van der Waals surface area contributed by atoms with E-state index < -0.39 is 0 Å². The minimum Gasteiger partial charge on any atom is -0.361 e. The maximum absolute atomic E-state index is 13.5. The van der Waals surface area contributed by atoms with Crippen LogP contribution in [0.25, 0.3) is 10.9 Å². The third-order valence-corrected chi connectivity index (χ3v) is 7.40. The van der Waals surface area contributed by atoms with Crippen LogP contribution >= 0.6 is 0 Å². The Morgan fingerprint density at radius 2 is 1.83 bits per heavy atom. The van der Waals surface area contributed by atoms with Crippen LogP contribution in [0, 0.1) is 11.3 Å². The quantitative estimate of drug-likeness (QED) is 0.405. The molecule has 1 aliphatic rings. The Morgan fingerprint density at radius 1 is 1.08 bits per heavy atom. The lowest BCUT2D eigenvalue weighted by Gasteiger charge is -2.37. The molecule has 1 atom stereocenters. The van der Waals surface area contributed by atoms with Crippen LogP contribution in [0.5, 0.6) is 0 Å². The number of nitrogens with one attached hydrogen (secondary N) is 1. The number of amides is 1. The predicted octanol–water partition coefficient (Wildman–Crippen LogP) is 5.20. The number of carbonyl (C=O) groups excluding carboxylic acids is 1. The van der Waals surface area contributed by atoms with Gasteiger partial charge >= 0.3 is 0 Å². The summed E-state index contributed by atoms with van der Waals surface area (Å²) in [4.78, 5) is 23.7. The van der Waals surface area contributed by atoms with Crippen LogP contribution in [0.2, 0.25) is 0 Å². The summed E-state index contributed by atoms with van der Waals surface area (Å²) in [6.45, 7) is 9.76. The van der Waals surface area contributed by atoms with Gasteiger partial charge in [0.1, 0.15) is 0 Å². The van der Waals surface area contributed by atoms with E-state index >= 15 is 0 Å². The van der Waals surface area contributed by atoms with Crippen molar-refractivity contribution in [3.63, 3.8) is 0 Å². The molecule has 190 valence electrons. The number of H-pyrrole nitrogens is 1. The van der Waals surface area contributed by atoms with Crippen molar-refractivity contribution in [2.24, 2.45) is 0 Å². The van der Waals surface area contributed by atoms with E-state index in [1.165, 1.54) is 5.56 Å². The second-order valence-corrected chi connectivity index (χ2v) is 9.86. The second kappa shape index (κ2) is 12.7. The highest BCUT2D eigenvalue weighted by atomic mass is 16.2. The van der Waals surface area contributed by atoms with Crippen molar-refractivity contribution in [1.82, 2.24) is 14.8 Å². The molecule has 2 aromatic carbocycles. The zero-order valence-electron chi connectivity index (χ0n) is 21.7. The van der Waals surface area contributed by atoms with Gasteiger partial charge < -0.3 is 14.8 Å². The maximum atomic E-state index is 13.5. The van der Waals surface area contributed by atoms with E-state index in [0.717, 1.165) is 81.4 Å². The van der Waals surface area contributed by atoms with Crippen molar-refractivity contribution in [1.29, 1.82) is 5.26 Å². The summed E-state index contributed by atoms with van der Waals surface area (Å²) in [5.41, 5.74) is 4.10. The molecule has 1 unspecified atom stereocenters. The Balaban J connectivity index is 1.27. The Labute approximate surface area is 215 Å². The first-order valence-electron chi connectivity index (χ1n) is 13.4. The molecule has 36 heavy (non-hydrogen) atoms. The third-order valence-electron chi connectivity index (χ3n) is 7.40. The smallest absolute Gasteiger partial charge is 0.241 e. The lowest BCUT2D eigenvalue weighted by atomic mass is 10.1. The van der Waals surface area contributed by atoms with Crippen molar-refractivity contribution in [3.8, 4) is 6.07 Å². The van der Waals surface area contributed by atoms with E-state index in [9.17, 15) is 10.1 Å². The molecule has 0 spiro atoms. The molecular formula is C30H39N5O. The van der Waals surface area contributed by atoms with Gasteiger partial charge in [0.15, 0.2) is 0 Å². The van der Waals surface area contributed by atoms with Gasteiger partial charge in [-0.15, -0.1) is 0 Å². The molecule has 1 fully saturated rings. The van der Waals surface area contributed by atoms with Gasteiger partial charge in [-0.25, -0.2) is 0 Å². The van der Waals surface area contributed by atoms with E-state index in [1.807, 2.05) is 36.4 Å². The number of rotatable bonds is 11. The summed E-state index contributed by atoms with van der Waals surface area (Å²) in [6, 6.07) is 18.5. The molecule has 4 rings (SSSR count). The predicted molar refractivity (Wildman–Crippen MR) is 147 cm³/mol. The summed E-state index contributed by atoms with van der Waals surface area (Å²) >= 11 is 0. The zero-order chi connectivity index (χ0) is 25.3. The molecule has 1 amide bonds. The van der Waals surface area contributed by atoms with Crippen LogP contribution in [-0.2, 0) is 11.2 Å². The fraction of sp³-hybridized carbons (Fsp3) is 0.467. The van der Waals surface area contributed by atoms with E-state index in [4.69, 9.17) is 0 Å². The fourth-order valence-corrected chi connectivity index (χ4v) is 5.38. The number of piperazine rings is 1. The second-order valence-electron chi connectivity index (χ2n) is 9.86. The summed E-state index contributed by atoms with van der Waals surface area (Å²) in [7, 11) is 0. The first kappa shape index (κ1) is 25.9. The van der Waals surface area contributed by atoms with E-state index in [1.54, 1.807) is 0 Å². The molecule has 3 aromatic rings. The van der Waals surface area contributed by atoms with Crippen LogP contribution in [0.15, 0.2) is 54.7 Å². The number of carbonyl (C=O) groups is 1. The van der Waals surface area contributed by atoms with Gasteiger partial charge in [0.05, 0.1) is 18.2 Å². The lowest BCUT2D eigenvalue weighted by molar-refractivity contribution is -0.120. The minimum atomic E-state index is 0.214. The number of aryl methyl sites for hydroxylation is 1. The molecule has 0 aliphatic carbocycles. The molecule has 1 N–H and O–H groups in total. The number of para-hydroxylation sites is 1. The van der Waals surface area contributed by atoms with Crippen LogP contribution in [0.3, 0.4) is 0 Å². The van der Waals surface area contributed by atoms with Gasteiger partial charge in [-0.3, -0.25) is 9.69 Å². The Kier molecular flexibility index (Phi) is 9.16. The SMILES string of the molecule is CCCC(CC)N(C(=O)CN1CCN(CCCc2c[nH]c3ccc(C#N)cc23)CC1)c1ccccc1. The summed E-state index contributed by atoms with van der Waals surface area (Å²) < 4.78 is 0. The molecule has 2 heterocycles. The highest BCUT2D eigenvalue weighted by Gasteiger charge is 2.26. The number of nitrogens with zero attached hydrogens (tertiary/aromatic N) is 4. The first-order valence-corrected chi connectivity index (χ1v) is 13.4. The summed E-state index contributed by atoms with van der Waals surface area (Å²) in [5.74, 6) is 0.214. The number of hydrogen-bond acceptors (Lipinski definition) is 4. The number of anilines is 1. The molecule has 1 aliphatic heterocycles. The van der Waals surface area contributed by atoms with Gasteiger partial charge in [0.2, 0.25) is 5.91 Å². The molecular weight excluding hydrogens is 446 g/mol. The van der Waals surface area contributed by atoms with Crippen molar-refractivity contribution in [3.05, 3.63) is 65.9 Å². The van der Waals surface area contributed by atoms with Crippen molar-refractivity contribution in [2.45, 2.75) is 52.0 Å². The third kappa shape index (κ3) is 6.34. The van der Waals surface area contributed by atoms with Crippen LogP contribution in [0.1, 0.15) is 50.7 Å². The summed E-state index contributed by atoms with van der Waals surface area (Å²) in [5, 5.41) is 10.4.